The highest BCUT2D eigenvalue weighted by atomic mass is 16.5. The Labute approximate surface area is 213 Å². The number of hydrogen-bond donors (Lipinski definition) is 1. The van der Waals surface area contributed by atoms with Crippen molar-refractivity contribution < 1.29 is 14.6 Å². The van der Waals surface area contributed by atoms with E-state index in [1.165, 1.54) is 0 Å². The summed E-state index contributed by atoms with van der Waals surface area (Å²) < 4.78 is 12.0. The van der Waals surface area contributed by atoms with E-state index in [9.17, 15) is 5.11 Å². The average molecular weight is 480 g/mol. The zero-order valence-electron chi connectivity index (χ0n) is 20.7. The molecule has 0 radical (unpaired) electrons. The molecule has 0 spiro atoms. The lowest BCUT2D eigenvalue weighted by Gasteiger charge is -2.39. The van der Waals surface area contributed by atoms with Crippen LogP contribution in [0.1, 0.15) is 35.1 Å². The molecule has 1 saturated heterocycles. The minimum absolute atomic E-state index is 0.00956. The standard InChI is InChI=1S/C32H33NO3/c1-33-22-8-13-31(33)32(34,27-14-18-29(19-15-27)35-23-25-9-4-2-5-10-25)28-16-20-30(21-17-28)36-24-26-11-6-3-7-12-26/h2-7,9-12,14-21,31,34H,8,13,22-24H2,1H3/t31-/m0/s1. The molecule has 5 rings (SSSR count). The van der Waals surface area contributed by atoms with Crippen LogP contribution in [0.2, 0.25) is 0 Å². The van der Waals surface area contributed by atoms with Crippen LogP contribution in [0.5, 0.6) is 11.5 Å². The van der Waals surface area contributed by atoms with Crippen LogP contribution < -0.4 is 9.47 Å². The summed E-state index contributed by atoms with van der Waals surface area (Å²) in [6.07, 6.45) is 2.01. The molecule has 1 N–H and O–H groups in total. The van der Waals surface area contributed by atoms with E-state index < -0.39 is 5.60 Å². The number of rotatable bonds is 9. The van der Waals surface area contributed by atoms with Gasteiger partial charge < -0.3 is 14.6 Å². The summed E-state index contributed by atoms with van der Waals surface area (Å²) in [5.74, 6) is 1.57. The van der Waals surface area contributed by atoms with Gasteiger partial charge in [0.25, 0.3) is 0 Å². The predicted octanol–water partition coefficient (Wildman–Crippen LogP) is 6.17. The van der Waals surface area contributed by atoms with Gasteiger partial charge in [0.1, 0.15) is 30.3 Å². The lowest BCUT2D eigenvalue weighted by molar-refractivity contribution is 0.00461. The molecule has 4 aromatic carbocycles. The smallest absolute Gasteiger partial charge is 0.130 e. The first kappa shape index (κ1) is 24.1. The molecule has 4 nitrogen and oxygen atoms in total. The van der Waals surface area contributed by atoms with Gasteiger partial charge in [0.05, 0.1) is 0 Å². The second-order valence-corrected chi connectivity index (χ2v) is 9.50. The maximum atomic E-state index is 12.3. The van der Waals surface area contributed by atoms with Crippen molar-refractivity contribution in [3.8, 4) is 11.5 Å². The molecule has 0 amide bonds. The molecule has 0 saturated carbocycles. The summed E-state index contributed by atoms with van der Waals surface area (Å²) in [5, 5.41) is 12.3. The molecule has 0 unspecified atom stereocenters. The molecule has 4 aromatic rings. The number of benzene rings is 4. The second-order valence-electron chi connectivity index (χ2n) is 9.50. The average Bonchev–Trinajstić information content (AvgIpc) is 3.38. The molecule has 4 heteroatoms. The van der Waals surface area contributed by atoms with Crippen LogP contribution in [-0.2, 0) is 18.8 Å². The fourth-order valence-corrected chi connectivity index (χ4v) is 5.08. The van der Waals surface area contributed by atoms with E-state index in [-0.39, 0.29) is 6.04 Å². The Hall–Kier alpha value is -3.60. The lowest BCUT2D eigenvalue weighted by Crippen LogP contribution is -2.46. The Morgan fingerprint density at radius 3 is 1.53 bits per heavy atom. The zero-order chi connectivity index (χ0) is 24.8. The summed E-state index contributed by atoms with van der Waals surface area (Å²) in [6, 6.07) is 36.0. The van der Waals surface area contributed by atoms with E-state index in [2.05, 4.69) is 36.2 Å². The van der Waals surface area contributed by atoms with E-state index in [1.54, 1.807) is 0 Å². The van der Waals surface area contributed by atoms with Crippen LogP contribution in [0, 0.1) is 0 Å². The number of likely N-dealkylation sites (N-methyl/N-ethyl adjacent to an activating group) is 1. The van der Waals surface area contributed by atoms with Crippen molar-refractivity contribution in [3.63, 3.8) is 0 Å². The largest absolute Gasteiger partial charge is 0.489 e. The van der Waals surface area contributed by atoms with E-state index in [1.807, 2.05) is 84.9 Å². The summed E-state index contributed by atoms with van der Waals surface area (Å²) in [6.45, 7) is 2.00. The quantitative estimate of drug-likeness (QED) is 0.312. The molecule has 0 bridgehead atoms. The molecule has 1 fully saturated rings. The minimum atomic E-state index is -1.14. The van der Waals surface area contributed by atoms with E-state index in [0.717, 1.165) is 53.1 Å². The molecule has 1 heterocycles. The fraction of sp³-hybridized carbons (Fsp3) is 0.250. The first-order valence-corrected chi connectivity index (χ1v) is 12.6. The molecular weight excluding hydrogens is 446 g/mol. The van der Waals surface area contributed by atoms with Crippen molar-refractivity contribution in [2.24, 2.45) is 0 Å². The van der Waals surface area contributed by atoms with Crippen LogP contribution >= 0.6 is 0 Å². The van der Waals surface area contributed by atoms with Crippen LogP contribution in [0.4, 0.5) is 0 Å². The Morgan fingerprint density at radius 2 is 1.14 bits per heavy atom. The SMILES string of the molecule is CN1CCC[C@H]1C(O)(c1ccc(OCc2ccccc2)cc1)c1ccc(OCc2ccccc2)cc1. The lowest BCUT2D eigenvalue weighted by atomic mass is 9.79. The van der Waals surface area contributed by atoms with Crippen LogP contribution in [0.15, 0.2) is 109 Å². The van der Waals surface area contributed by atoms with E-state index in [4.69, 9.17) is 9.47 Å². The van der Waals surface area contributed by atoms with Crippen molar-refractivity contribution in [1.82, 2.24) is 4.90 Å². The molecule has 1 aliphatic heterocycles. The Kier molecular flexibility index (Phi) is 7.36. The van der Waals surface area contributed by atoms with Crippen LogP contribution in [-0.4, -0.2) is 29.6 Å². The van der Waals surface area contributed by atoms with E-state index in [0.29, 0.717) is 13.2 Å². The molecule has 1 atom stereocenters. The summed E-state index contributed by atoms with van der Waals surface area (Å²) in [4.78, 5) is 2.26. The van der Waals surface area contributed by atoms with Crippen LogP contribution in [0.25, 0.3) is 0 Å². The van der Waals surface area contributed by atoms with Crippen molar-refractivity contribution >= 4 is 0 Å². The topological polar surface area (TPSA) is 41.9 Å². The van der Waals surface area contributed by atoms with Crippen molar-refractivity contribution in [2.45, 2.75) is 37.7 Å². The predicted molar refractivity (Wildman–Crippen MR) is 143 cm³/mol. The second kappa shape index (κ2) is 11.0. The molecule has 1 aliphatic rings. The first-order chi connectivity index (χ1) is 17.6. The first-order valence-electron chi connectivity index (χ1n) is 12.6. The van der Waals surface area contributed by atoms with Gasteiger partial charge in [-0.25, -0.2) is 0 Å². The van der Waals surface area contributed by atoms with Gasteiger partial charge in [-0.05, 0) is 73.0 Å². The van der Waals surface area contributed by atoms with E-state index >= 15 is 0 Å². The Balaban J connectivity index is 1.36. The normalized spacial score (nSPS) is 16.1. The zero-order valence-corrected chi connectivity index (χ0v) is 20.7. The van der Waals surface area contributed by atoms with Gasteiger partial charge in [0.15, 0.2) is 0 Å². The van der Waals surface area contributed by atoms with Gasteiger partial charge in [0.2, 0.25) is 0 Å². The van der Waals surface area contributed by atoms with Crippen LogP contribution in [0.3, 0.4) is 0 Å². The molecule has 0 aromatic heterocycles. The number of aliphatic hydroxyl groups is 1. The van der Waals surface area contributed by atoms with Crippen molar-refractivity contribution in [1.29, 1.82) is 0 Å². The minimum Gasteiger partial charge on any atom is -0.489 e. The molecular formula is C32H33NO3. The van der Waals surface area contributed by atoms with Gasteiger partial charge in [-0.2, -0.15) is 0 Å². The Morgan fingerprint density at radius 1 is 0.694 bits per heavy atom. The summed E-state index contributed by atoms with van der Waals surface area (Å²) >= 11 is 0. The van der Waals surface area contributed by atoms with Gasteiger partial charge in [-0.1, -0.05) is 84.9 Å². The highest BCUT2D eigenvalue weighted by Crippen LogP contribution is 2.40. The van der Waals surface area contributed by atoms with Gasteiger partial charge in [-0.15, -0.1) is 0 Å². The molecule has 36 heavy (non-hydrogen) atoms. The molecule has 0 aliphatic carbocycles. The third-order valence-electron chi connectivity index (χ3n) is 7.09. The third kappa shape index (κ3) is 5.30. The maximum Gasteiger partial charge on any atom is 0.130 e. The fourth-order valence-electron chi connectivity index (χ4n) is 5.08. The van der Waals surface area contributed by atoms with Gasteiger partial charge >= 0.3 is 0 Å². The van der Waals surface area contributed by atoms with Gasteiger partial charge in [-0.3, -0.25) is 4.90 Å². The number of hydrogen-bond acceptors (Lipinski definition) is 4. The molecule has 184 valence electrons. The Bertz CT molecular complexity index is 1140. The van der Waals surface area contributed by atoms with Crippen molar-refractivity contribution in [2.75, 3.05) is 13.6 Å². The highest BCUT2D eigenvalue weighted by Gasteiger charge is 2.44. The monoisotopic (exact) mass is 479 g/mol. The van der Waals surface area contributed by atoms with Crippen molar-refractivity contribution in [3.05, 3.63) is 131 Å². The maximum absolute atomic E-state index is 12.3. The third-order valence-corrected chi connectivity index (χ3v) is 7.09. The number of nitrogens with zero attached hydrogens (tertiary/aromatic N) is 1. The van der Waals surface area contributed by atoms with Gasteiger partial charge in [0, 0.05) is 6.04 Å². The number of ether oxygens (including phenoxy) is 2. The number of likely N-dealkylation sites (tertiary alicyclic amines) is 1. The summed E-state index contributed by atoms with van der Waals surface area (Å²) in [5.41, 5.74) is 2.85. The summed E-state index contributed by atoms with van der Waals surface area (Å²) in [7, 11) is 2.09. The highest BCUT2D eigenvalue weighted by molar-refractivity contribution is 5.43.